The van der Waals surface area contributed by atoms with Crippen LogP contribution in [0.2, 0.25) is 0 Å². The van der Waals surface area contributed by atoms with Gasteiger partial charge in [0, 0.05) is 44.9 Å². The molecule has 136 valence electrons. The first-order valence-electron chi connectivity index (χ1n) is 8.19. The minimum atomic E-state index is -0.664. The second-order valence-electron chi connectivity index (χ2n) is 5.71. The molecule has 0 fully saturated rings. The lowest BCUT2D eigenvalue weighted by Crippen LogP contribution is -2.15. The largest absolute Gasteiger partial charge is 0.388 e. The van der Waals surface area contributed by atoms with Crippen LogP contribution >= 0.6 is 0 Å². The third-order valence-corrected chi connectivity index (χ3v) is 3.81. The SMILES string of the molecule is C=C/C=C(\C=NC)C(O)C/C(C)=C(/N=C\Cc1c(C)noc1C)NC. The summed E-state index contributed by atoms with van der Waals surface area (Å²) in [6, 6.07) is 0. The standard InChI is InChI=1S/C19H28N4O2/c1-7-8-16(12-20-5)18(24)11-13(2)19(21-6)22-10-9-17-14(3)23-25-15(17)4/h7-8,10,12,18,21,24H,1,9,11H2,2-6H3/b16-8+,19-13+,20-12?,22-10-. The number of aliphatic hydroxyl groups excluding tert-OH is 1. The Morgan fingerprint density at radius 3 is 2.68 bits per heavy atom. The molecule has 1 atom stereocenters. The van der Waals surface area contributed by atoms with E-state index in [1.807, 2.05) is 34.0 Å². The zero-order valence-electron chi connectivity index (χ0n) is 15.7. The molecule has 2 N–H and O–H groups in total. The number of nitrogens with one attached hydrogen (secondary N) is 1. The van der Waals surface area contributed by atoms with Crippen LogP contribution in [0.4, 0.5) is 0 Å². The van der Waals surface area contributed by atoms with Gasteiger partial charge < -0.3 is 14.9 Å². The van der Waals surface area contributed by atoms with E-state index in [1.165, 1.54) is 0 Å². The van der Waals surface area contributed by atoms with Crippen molar-refractivity contribution >= 4 is 12.4 Å². The molecule has 1 aromatic heterocycles. The molecular formula is C19H28N4O2. The first-order valence-corrected chi connectivity index (χ1v) is 8.19. The van der Waals surface area contributed by atoms with Gasteiger partial charge in [-0.2, -0.15) is 0 Å². The quantitative estimate of drug-likeness (QED) is 0.533. The molecule has 0 amide bonds. The van der Waals surface area contributed by atoms with Crippen molar-refractivity contribution in [3.05, 3.63) is 52.7 Å². The highest BCUT2D eigenvalue weighted by Gasteiger charge is 2.12. The average molecular weight is 344 g/mol. The van der Waals surface area contributed by atoms with Gasteiger partial charge in [0.25, 0.3) is 0 Å². The van der Waals surface area contributed by atoms with Gasteiger partial charge in [0.05, 0.1) is 11.8 Å². The van der Waals surface area contributed by atoms with E-state index >= 15 is 0 Å². The summed E-state index contributed by atoms with van der Waals surface area (Å²) in [5.41, 5.74) is 3.59. The molecule has 0 radical (unpaired) electrons. The molecule has 0 bridgehead atoms. The number of nitrogens with zero attached hydrogens (tertiary/aromatic N) is 3. The Labute approximate surface area is 149 Å². The van der Waals surface area contributed by atoms with Crippen molar-refractivity contribution in [3.8, 4) is 0 Å². The molecule has 1 aromatic rings. The van der Waals surface area contributed by atoms with Gasteiger partial charge in [-0.25, -0.2) is 4.99 Å². The van der Waals surface area contributed by atoms with E-state index in [2.05, 4.69) is 27.0 Å². The van der Waals surface area contributed by atoms with Gasteiger partial charge in [-0.1, -0.05) is 23.9 Å². The van der Waals surface area contributed by atoms with Gasteiger partial charge in [-0.05, 0) is 31.9 Å². The smallest absolute Gasteiger partial charge is 0.137 e. The highest BCUT2D eigenvalue weighted by molar-refractivity contribution is 5.80. The fraction of sp³-hybridized carbons (Fsp3) is 0.421. The molecule has 0 saturated carbocycles. The second-order valence-corrected chi connectivity index (χ2v) is 5.71. The van der Waals surface area contributed by atoms with E-state index in [0.717, 1.165) is 28.4 Å². The van der Waals surface area contributed by atoms with Gasteiger partial charge >= 0.3 is 0 Å². The van der Waals surface area contributed by atoms with Gasteiger partial charge in [0.2, 0.25) is 0 Å². The lowest BCUT2D eigenvalue weighted by molar-refractivity contribution is 0.217. The zero-order valence-corrected chi connectivity index (χ0v) is 15.7. The minimum Gasteiger partial charge on any atom is -0.388 e. The van der Waals surface area contributed by atoms with Crippen molar-refractivity contribution in [2.75, 3.05) is 14.1 Å². The van der Waals surface area contributed by atoms with Crippen LogP contribution < -0.4 is 5.32 Å². The van der Waals surface area contributed by atoms with Gasteiger partial charge in [0.1, 0.15) is 11.6 Å². The van der Waals surface area contributed by atoms with Crippen LogP contribution in [0.3, 0.4) is 0 Å². The molecule has 0 aliphatic rings. The van der Waals surface area contributed by atoms with Crippen molar-refractivity contribution in [3.63, 3.8) is 0 Å². The van der Waals surface area contributed by atoms with Crippen molar-refractivity contribution in [2.45, 2.75) is 39.7 Å². The molecule has 1 rings (SSSR count). The molecule has 0 saturated heterocycles. The summed E-state index contributed by atoms with van der Waals surface area (Å²) in [4.78, 5) is 8.46. The third-order valence-electron chi connectivity index (χ3n) is 3.81. The van der Waals surface area contributed by atoms with Crippen molar-refractivity contribution in [1.82, 2.24) is 10.5 Å². The summed E-state index contributed by atoms with van der Waals surface area (Å²) < 4.78 is 5.15. The number of aliphatic hydroxyl groups is 1. The molecule has 1 heterocycles. The van der Waals surface area contributed by atoms with Gasteiger partial charge in [-0.15, -0.1) is 0 Å². The number of hydrogen-bond acceptors (Lipinski definition) is 6. The Hall–Kier alpha value is -2.47. The van der Waals surface area contributed by atoms with Crippen LogP contribution in [0.1, 0.15) is 30.4 Å². The van der Waals surface area contributed by atoms with Crippen molar-refractivity contribution in [1.29, 1.82) is 0 Å². The number of aryl methyl sites for hydroxylation is 2. The van der Waals surface area contributed by atoms with Crippen LogP contribution in [-0.2, 0) is 6.42 Å². The third kappa shape index (κ3) is 6.15. The number of rotatable bonds is 9. The Bertz CT molecular complexity index is 677. The molecule has 25 heavy (non-hydrogen) atoms. The average Bonchev–Trinajstić information content (AvgIpc) is 2.90. The maximum atomic E-state index is 10.4. The topological polar surface area (TPSA) is 83.0 Å². The van der Waals surface area contributed by atoms with Crippen LogP contribution in [-0.4, -0.2) is 42.9 Å². The van der Waals surface area contributed by atoms with Gasteiger partial charge in [-0.3, -0.25) is 4.99 Å². The Balaban J connectivity index is 2.86. The highest BCUT2D eigenvalue weighted by Crippen LogP contribution is 2.16. The first-order chi connectivity index (χ1) is 11.9. The van der Waals surface area contributed by atoms with Crippen molar-refractivity contribution < 1.29 is 9.63 Å². The van der Waals surface area contributed by atoms with E-state index in [1.54, 1.807) is 25.4 Å². The number of aromatic nitrogens is 1. The van der Waals surface area contributed by atoms with Crippen LogP contribution in [0, 0.1) is 13.8 Å². The zero-order chi connectivity index (χ0) is 18.8. The molecular weight excluding hydrogens is 316 g/mol. The molecule has 0 aromatic carbocycles. The van der Waals surface area contributed by atoms with E-state index in [-0.39, 0.29) is 0 Å². The molecule has 0 spiro atoms. The normalized spacial score (nSPS) is 14.9. The van der Waals surface area contributed by atoms with Crippen molar-refractivity contribution in [2.24, 2.45) is 9.98 Å². The minimum absolute atomic E-state index is 0.449. The molecule has 0 aliphatic carbocycles. The summed E-state index contributed by atoms with van der Waals surface area (Å²) in [5.74, 6) is 1.54. The van der Waals surface area contributed by atoms with Crippen LogP contribution in [0.25, 0.3) is 0 Å². The fourth-order valence-corrected chi connectivity index (χ4v) is 2.44. The Kier molecular flexibility index (Phi) is 8.56. The molecule has 1 unspecified atom stereocenters. The predicted octanol–water partition coefficient (Wildman–Crippen LogP) is 2.92. The number of aliphatic imine (C=N–C) groups is 2. The van der Waals surface area contributed by atoms with E-state index in [4.69, 9.17) is 4.52 Å². The van der Waals surface area contributed by atoms with E-state index < -0.39 is 6.10 Å². The van der Waals surface area contributed by atoms with E-state index in [9.17, 15) is 5.11 Å². The maximum Gasteiger partial charge on any atom is 0.137 e. The fourth-order valence-electron chi connectivity index (χ4n) is 2.44. The lowest BCUT2D eigenvalue weighted by Gasteiger charge is -2.14. The molecule has 6 nitrogen and oxygen atoms in total. The van der Waals surface area contributed by atoms with E-state index in [0.29, 0.717) is 18.4 Å². The summed E-state index contributed by atoms with van der Waals surface area (Å²) in [6.07, 6.45) is 7.28. The molecule has 0 aliphatic heterocycles. The monoisotopic (exact) mass is 344 g/mol. The second kappa shape index (κ2) is 10.4. The predicted molar refractivity (Wildman–Crippen MR) is 103 cm³/mol. The summed E-state index contributed by atoms with van der Waals surface area (Å²) >= 11 is 0. The summed E-state index contributed by atoms with van der Waals surface area (Å²) in [6.45, 7) is 9.41. The number of hydrogen-bond donors (Lipinski definition) is 2. The highest BCUT2D eigenvalue weighted by atomic mass is 16.5. The summed E-state index contributed by atoms with van der Waals surface area (Å²) in [5, 5.41) is 17.4. The van der Waals surface area contributed by atoms with Gasteiger partial charge in [0.15, 0.2) is 0 Å². The lowest BCUT2D eigenvalue weighted by atomic mass is 10.0. The Morgan fingerprint density at radius 2 is 2.16 bits per heavy atom. The molecule has 6 heteroatoms. The van der Waals surface area contributed by atoms with Crippen LogP contribution in [0.5, 0.6) is 0 Å². The summed E-state index contributed by atoms with van der Waals surface area (Å²) in [7, 11) is 3.48. The van der Waals surface area contributed by atoms with Crippen LogP contribution in [0.15, 0.2) is 50.2 Å². The number of allylic oxidation sites excluding steroid dienone is 2. The maximum absolute atomic E-state index is 10.4. The Morgan fingerprint density at radius 1 is 1.44 bits per heavy atom. The first kappa shape index (κ1) is 20.6.